The molecule has 0 aromatic heterocycles. The Hall–Kier alpha value is 0.309. The van der Waals surface area contributed by atoms with Crippen molar-refractivity contribution >= 4 is 18.8 Å². The van der Waals surface area contributed by atoms with E-state index in [9.17, 15) is 0 Å². The average Bonchev–Trinajstić information content (AvgIpc) is 1.69. The molecule has 0 atom stereocenters. The van der Waals surface area contributed by atoms with Gasteiger partial charge in [-0.3, -0.25) is 0 Å². The van der Waals surface area contributed by atoms with Crippen molar-refractivity contribution in [2.45, 2.75) is 0 Å². The van der Waals surface area contributed by atoms with Crippen molar-refractivity contribution in [1.29, 1.82) is 0 Å². The second-order valence-corrected chi connectivity index (χ2v) is 0.944. The van der Waals surface area contributed by atoms with Crippen LogP contribution >= 0.6 is 0 Å². The van der Waals surface area contributed by atoms with Gasteiger partial charge in [-0.2, -0.15) is 0 Å². The Morgan fingerprint density at radius 3 is 1.86 bits per heavy atom. The average molecular weight is 128 g/mol. The van der Waals surface area contributed by atoms with Crippen LogP contribution in [0.4, 0.5) is 0 Å². The molecule has 0 rings (SSSR count). The molecular formula is H2B3NO2Ti. The molecule has 0 radical (unpaired) electrons. The molecular weight excluding hydrogens is 126 g/mol. The minimum absolute atomic E-state index is 0.500. The fourth-order valence-electron chi connectivity index (χ4n) is 0. The van der Waals surface area contributed by atoms with Crippen molar-refractivity contribution < 1.29 is 22.1 Å². The van der Waals surface area contributed by atoms with Crippen molar-refractivity contribution in [1.82, 2.24) is 0 Å². The summed E-state index contributed by atoms with van der Waals surface area (Å²) in [6.45, 7) is 0. The molecule has 0 saturated heterocycles. The van der Waals surface area contributed by atoms with Crippen molar-refractivity contribution in [2.24, 2.45) is 5.34 Å². The zero-order valence-corrected chi connectivity index (χ0v) is 5.48. The normalized spacial score (nSPS) is 6.29. The molecule has 0 N–H and O–H groups in total. The quantitative estimate of drug-likeness (QED) is 0.244. The van der Waals surface area contributed by atoms with Crippen LogP contribution in [0, 0.1) is 4.91 Å². The third-order valence-electron chi connectivity index (χ3n) is 0.0745. The Bertz CT molecular complexity index is 128. The van der Waals surface area contributed by atoms with E-state index in [-0.39, 0.29) is 0 Å². The van der Waals surface area contributed by atoms with Crippen molar-refractivity contribution in [3.63, 3.8) is 0 Å². The van der Waals surface area contributed by atoms with E-state index in [1.165, 1.54) is 8.05 Å². The van der Waals surface area contributed by atoms with Gasteiger partial charge in [0.15, 0.2) is 0 Å². The Morgan fingerprint density at radius 1 is 1.71 bits per heavy atom. The maximum atomic E-state index is 8.70. The summed E-state index contributed by atoms with van der Waals surface area (Å²) in [5.41, 5.74) is 0. The van der Waals surface area contributed by atoms with Gasteiger partial charge in [-0.25, -0.2) is 0 Å². The van der Waals surface area contributed by atoms with Crippen molar-refractivity contribution in [3.05, 3.63) is 4.91 Å². The van der Waals surface area contributed by atoms with Crippen LogP contribution in [0.1, 0.15) is 0 Å². The van der Waals surface area contributed by atoms with E-state index in [2.05, 4.69) is 4.76 Å². The summed E-state index contributed by atoms with van der Waals surface area (Å²) in [6.07, 6.45) is 0. The first kappa shape index (κ1) is 10.3. The van der Waals surface area contributed by atoms with Crippen LogP contribution in [0.15, 0.2) is 5.34 Å². The predicted octanol–water partition coefficient (Wildman–Crippen LogP) is -1.53. The van der Waals surface area contributed by atoms with Crippen LogP contribution in [0.3, 0.4) is 0 Å². The Morgan fingerprint density at radius 2 is 1.86 bits per heavy atom. The topological polar surface area (TPSA) is 38.7 Å². The fourth-order valence-corrected chi connectivity index (χ4v) is 0. The molecule has 0 heterocycles. The second kappa shape index (κ2) is 16.2. The molecule has 0 aliphatic carbocycles. The summed E-state index contributed by atoms with van der Waals surface area (Å²) in [7, 11) is 1.20. The van der Waals surface area contributed by atoms with E-state index < -0.39 is 17.4 Å². The Balaban J connectivity index is 0. The van der Waals surface area contributed by atoms with E-state index in [4.69, 9.17) is 15.7 Å². The minimum atomic E-state index is -0.500. The molecule has 7 heavy (non-hydrogen) atoms. The van der Waals surface area contributed by atoms with Gasteiger partial charge in [0.05, 0.1) is 0 Å². The third kappa shape index (κ3) is 68.4. The van der Waals surface area contributed by atoms with Gasteiger partial charge in [-0.05, 0) is 0 Å². The van der Waals surface area contributed by atoms with Gasteiger partial charge in [-0.1, -0.05) is 0 Å². The van der Waals surface area contributed by atoms with Gasteiger partial charge < -0.3 is 4.76 Å². The van der Waals surface area contributed by atoms with Gasteiger partial charge in [0, 0.05) is 0 Å². The first-order chi connectivity index (χ1) is 3.33. The van der Waals surface area contributed by atoms with Gasteiger partial charge >= 0.3 is 36.2 Å². The third-order valence-corrected chi connectivity index (χ3v) is 0.0745. The monoisotopic (exact) mass is 129 g/mol. The molecule has 0 saturated carbocycles. The van der Waals surface area contributed by atoms with E-state index in [1.807, 2.05) is 5.34 Å². The first-order valence-corrected chi connectivity index (χ1v) is 3.15. The molecule has 3 nitrogen and oxygen atoms in total. The molecule has 0 aliphatic heterocycles. The number of nitrogens with zero attached hydrogens (tertiary/aromatic N) is 1. The van der Waals surface area contributed by atoms with E-state index >= 15 is 0 Å². The van der Waals surface area contributed by atoms with Crippen molar-refractivity contribution in [3.8, 4) is 0 Å². The van der Waals surface area contributed by atoms with Crippen LogP contribution in [0.5, 0.6) is 0 Å². The van der Waals surface area contributed by atoms with Gasteiger partial charge in [0.1, 0.15) is 5.34 Å². The van der Waals surface area contributed by atoms with Crippen molar-refractivity contribution in [2.75, 3.05) is 0 Å². The molecule has 0 fully saturated rings. The number of rotatable bonds is 1. The van der Waals surface area contributed by atoms with Crippen LogP contribution in [-0.2, 0) is 22.1 Å². The zero-order valence-electron chi connectivity index (χ0n) is 3.92. The fraction of sp³-hybridized carbons (Fsp3) is 0. The van der Waals surface area contributed by atoms with Gasteiger partial charge in [0.25, 0.3) is 0 Å². The molecule has 0 unspecified atom stereocenters. The second-order valence-electron chi connectivity index (χ2n) is 0.424. The molecule has 0 aromatic carbocycles. The molecule has 7 heteroatoms. The Kier molecular flexibility index (Phi) is 23.9. The summed E-state index contributed by atoms with van der Waals surface area (Å²) >= 11 is -0.500. The van der Waals surface area contributed by atoms with Gasteiger partial charge in [0.2, 0.25) is 0 Å². The predicted molar refractivity (Wildman–Crippen MR) is 26.9 cm³/mol. The summed E-state index contributed by atoms with van der Waals surface area (Å²) in [5, 5.41) is 11.5. The van der Waals surface area contributed by atoms with E-state index in [0.29, 0.717) is 0 Å². The molecule has 0 aromatic rings. The number of hydrogen-bond acceptors (Lipinski definition) is 3. The first-order valence-electron chi connectivity index (χ1n) is 1.35. The van der Waals surface area contributed by atoms with Gasteiger partial charge in [-0.15, -0.1) is 4.91 Å². The maximum absolute atomic E-state index is 8.70. The van der Waals surface area contributed by atoms with Crippen LogP contribution in [-0.4, -0.2) is 18.8 Å². The molecule has 0 amide bonds. The molecule has 32 valence electrons. The molecule has 0 spiro atoms. The van der Waals surface area contributed by atoms with E-state index in [1.54, 1.807) is 0 Å². The van der Waals surface area contributed by atoms with Crippen LogP contribution in [0.2, 0.25) is 0 Å². The summed E-state index contributed by atoms with van der Waals surface area (Å²) in [5.74, 6) is 0. The summed E-state index contributed by atoms with van der Waals surface area (Å²) in [4.78, 5) is 8.70. The zero-order chi connectivity index (χ0) is 6.12. The summed E-state index contributed by atoms with van der Waals surface area (Å²) < 4.78 is 3.61. The number of hydrogen-bond donors (Lipinski definition) is 0. The Labute approximate surface area is 51.6 Å². The van der Waals surface area contributed by atoms with Crippen LogP contribution < -0.4 is 0 Å². The molecule has 0 bridgehead atoms. The SMILES string of the molecule is BON=O.[B]#[Ti]#[B]. The van der Waals surface area contributed by atoms with E-state index in [0.717, 1.165) is 0 Å². The summed E-state index contributed by atoms with van der Waals surface area (Å²) in [6, 6.07) is 0. The van der Waals surface area contributed by atoms with Crippen LogP contribution in [0.25, 0.3) is 0 Å². The standard InChI is InChI=1S/BH2NO2.2B.Ti/c1-4-2-3;;;/h1H2;;;. The molecule has 0 aliphatic rings.